The van der Waals surface area contributed by atoms with Gasteiger partial charge in [0, 0.05) is 13.3 Å². The molecule has 590 valence electrons. The van der Waals surface area contributed by atoms with Crippen molar-refractivity contribution in [3.05, 3.63) is 30.3 Å². The van der Waals surface area contributed by atoms with Crippen LogP contribution in [-0.4, -0.2) is 89.6 Å². The predicted molar refractivity (Wildman–Crippen MR) is 473 cm³/mol. The van der Waals surface area contributed by atoms with Crippen molar-refractivity contribution in [2.75, 3.05) is 0 Å². The van der Waals surface area contributed by atoms with Crippen molar-refractivity contribution < 1.29 is 29.5 Å². The molecule has 0 aliphatic heterocycles. The molecule has 1 unspecified atom stereocenters. The van der Waals surface area contributed by atoms with Gasteiger partial charge in [0.25, 0.3) is 8.68 Å². The second-order valence-electron chi connectivity index (χ2n) is 39.5. The molecule has 0 fully saturated rings. The normalized spacial score (nSPS) is 13.7. The average Bonchev–Trinajstić information content (AvgIpc) is 0.787. The Morgan fingerprint density at radius 2 is 0.684 bits per heavy atom. The summed E-state index contributed by atoms with van der Waals surface area (Å²) in [5.74, 6) is 0. The van der Waals surface area contributed by atoms with Crippen molar-refractivity contribution in [1.82, 2.24) is 0 Å². The van der Waals surface area contributed by atoms with Crippen molar-refractivity contribution >= 4 is 89.2 Å². The molecule has 0 aliphatic carbocycles. The zero-order valence-electron chi connectivity index (χ0n) is 71.9. The van der Waals surface area contributed by atoms with Gasteiger partial charge in [-0.05, 0) is 191 Å². The third-order valence-corrected chi connectivity index (χ3v) is 45.0. The Balaban J connectivity index is -0.000000397. The molecular weight excluding hydrogens is 1370 g/mol. The van der Waals surface area contributed by atoms with E-state index >= 15 is 0 Å². The standard InChI is InChI=1S/C25H58O2Si3.C25H52OSi.C15H32O3Si4.C14H34OSi2.2CH4/c1-10-11-12-13-14-15-16-17-18-19-20-21-22-23-24-25(2)30(9,26-28(3,4)5)27-29(6,7)8;1-7-9-10-11-12-13-14-15-16-17-18-19-20-21-22-24(3,4)25(5,6)23-27(26)8-2;1-19(2,3)16-22(17-20(4,5)6,18-21(7,8)9)15-13-11-10-12-14-15;1-13(2,12-16(5,6)7)11-14(3,4)15-17(8,9)10;;/h25H,10-24H2,1-9H3;7-23H2,1-6H3;10-14H,1-9H3;11-12H2,1-10H3;2*1H4. The first-order valence-electron chi connectivity index (χ1n) is 40.3. The van der Waals surface area contributed by atoms with Crippen LogP contribution >= 0.6 is 0 Å². The molecule has 0 bridgehead atoms. The summed E-state index contributed by atoms with van der Waals surface area (Å²) >= 11 is 0. The molecule has 0 radical (unpaired) electrons. The highest BCUT2D eigenvalue weighted by atomic mass is 28.5. The van der Waals surface area contributed by atoms with Gasteiger partial charge < -0.3 is 29.5 Å². The zero-order chi connectivity index (χ0) is 75.1. The van der Waals surface area contributed by atoms with Crippen LogP contribution in [-0.2, 0) is 29.5 Å². The Kier molecular flexibility index (Phi) is 57.2. The fourth-order valence-electron chi connectivity index (χ4n) is 13.9. The molecule has 0 aliphatic rings. The molecule has 1 aromatic rings. The Morgan fingerprint density at radius 1 is 0.388 bits per heavy atom. The van der Waals surface area contributed by atoms with E-state index in [1.165, 1.54) is 199 Å². The Labute approximate surface area is 631 Å². The maximum Gasteiger partial charge on any atom is 0.505 e. The van der Waals surface area contributed by atoms with Crippen LogP contribution in [0.25, 0.3) is 0 Å². The maximum absolute atomic E-state index is 12.1. The molecular formula is C81H184O7Si10. The minimum atomic E-state index is -2.89. The summed E-state index contributed by atoms with van der Waals surface area (Å²) in [6.07, 6.45) is 43.6. The summed E-state index contributed by atoms with van der Waals surface area (Å²) in [6.45, 7) is 78.1. The van der Waals surface area contributed by atoms with Gasteiger partial charge in [-0.15, -0.1) is 0 Å². The summed E-state index contributed by atoms with van der Waals surface area (Å²) in [5, 5.41) is 1.10. The number of rotatable bonds is 52. The van der Waals surface area contributed by atoms with Gasteiger partial charge in [0.2, 0.25) is 0 Å². The molecule has 1 atom stereocenters. The van der Waals surface area contributed by atoms with Crippen LogP contribution in [0.1, 0.15) is 297 Å². The van der Waals surface area contributed by atoms with E-state index in [1.54, 1.807) is 0 Å². The third-order valence-electron chi connectivity index (χ3n) is 17.9. The predicted octanol–water partition coefficient (Wildman–Crippen LogP) is 30.4. The lowest BCUT2D eigenvalue weighted by molar-refractivity contribution is 0.0546. The van der Waals surface area contributed by atoms with Crippen molar-refractivity contribution in [1.29, 1.82) is 0 Å². The number of hydrogen-bond donors (Lipinski definition) is 0. The van der Waals surface area contributed by atoms with Gasteiger partial charge in [0.1, 0.15) is 0 Å². The van der Waals surface area contributed by atoms with E-state index in [-0.39, 0.29) is 25.9 Å². The molecule has 98 heavy (non-hydrogen) atoms. The fraction of sp³-hybridized carbons (Fsp3) is 0.926. The summed E-state index contributed by atoms with van der Waals surface area (Å²) in [5.41, 5.74) is 1.49. The van der Waals surface area contributed by atoms with E-state index in [0.29, 0.717) is 16.4 Å². The highest BCUT2D eigenvalue weighted by molar-refractivity contribution is 6.95. The second-order valence-corrected chi connectivity index (χ2v) is 81.5. The van der Waals surface area contributed by atoms with Crippen molar-refractivity contribution in [3.8, 4) is 0 Å². The first-order chi connectivity index (χ1) is 43.5. The molecule has 0 aromatic heterocycles. The smallest absolute Gasteiger partial charge is 0.436 e. The van der Waals surface area contributed by atoms with Crippen LogP contribution in [0.5, 0.6) is 0 Å². The van der Waals surface area contributed by atoms with E-state index < -0.39 is 84.0 Å². The van der Waals surface area contributed by atoms with Crippen LogP contribution < -0.4 is 5.19 Å². The van der Waals surface area contributed by atoms with Gasteiger partial charge in [-0.2, -0.15) is 0 Å². The van der Waals surface area contributed by atoms with Crippen LogP contribution in [0.4, 0.5) is 0 Å². The summed E-state index contributed by atoms with van der Waals surface area (Å²) < 4.78 is 51.8. The minimum Gasteiger partial charge on any atom is -0.436 e. The lowest BCUT2D eigenvalue weighted by Crippen LogP contribution is -2.67. The fourth-order valence-corrected chi connectivity index (χ4v) is 46.3. The van der Waals surface area contributed by atoms with E-state index in [1.807, 2.05) is 18.2 Å². The lowest BCUT2D eigenvalue weighted by Gasteiger charge is -2.42. The van der Waals surface area contributed by atoms with Crippen LogP contribution in [0.2, 0.25) is 168 Å². The monoisotopic (exact) mass is 1550 g/mol. The van der Waals surface area contributed by atoms with E-state index in [4.69, 9.17) is 25.0 Å². The van der Waals surface area contributed by atoms with Crippen molar-refractivity contribution in [3.63, 3.8) is 0 Å². The lowest BCUT2D eigenvalue weighted by atomic mass is 9.66. The molecule has 1 rings (SSSR count). The zero-order valence-corrected chi connectivity index (χ0v) is 81.9. The van der Waals surface area contributed by atoms with E-state index in [9.17, 15) is 4.46 Å². The topological polar surface area (TPSA) is 72.5 Å². The van der Waals surface area contributed by atoms with Crippen LogP contribution in [0.3, 0.4) is 0 Å². The maximum atomic E-state index is 12.1. The highest BCUT2D eigenvalue weighted by Crippen LogP contribution is 2.46. The van der Waals surface area contributed by atoms with Gasteiger partial charge in [0.05, 0.1) is 5.60 Å². The SMILES string of the molecule is C.C.CC(C)(CC(C)(C)O[Si](C)(C)C)C[Si](C)(C)C.CCCCCCCCCCCCCCCCC(C)(C)C(C)(C)C[Si](=O)CC.CCCCCCCCCCCCCCCCC(C)[Si](C)(O[Si](C)(C)C)O[Si](C)(C)C.C[Si](C)(C)O[Si](O[Si](C)(C)C)(O[Si](C)(C)C)c1ccccc1. The van der Waals surface area contributed by atoms with Gasteiger partial charge in [-0.25, -0.2) is 0 Å². The second kappa shape index (κ2) is 52.1. The third kappa shape index (κ3) is 64.2. The van der Waals surface area contributed by atoms with Gasteiger partial charge in [-0.1, -0.05) is 320 Å². The average molecular weight is 1550 g/mol. The molecule has 0 saturated carbocycles. The summed E-state index contributed by atoms with van der Waals surface area (Å²) in [6, 6.07) is 13.5. The van der Waals surface area contributed by atoms with Crippen LogP contribution in [0.15, 0.2) is 30.3 Å². The Hall–Kier alpha value is 0.949. The van der Waals surface area contributed by atoms with Gasteiger partial charge in [0.15, 0.2) is 49.9 Å². The summed E-state index contributed by atoms with van der Waals surface area (Å²) in [4.78, 5) is 0. The van der Waals surface area contributed by atoms with Crippen molar-refractivity contribution in [2.45, 2.75) is 470 Å². The molecule has 1 aromatic carbocycles. The molecule has 17 heteroatoms. The van der Waals surface area contributed by atoms with Crippen LogP contribution in [0, 0.1) is 16.2 Å². The quantitative estimate of drug-likeness (QED) is 0.0475. The minimum absolute atomic E-state index is 0. The first kappa shape index (κ1) is 108. The number of unbranched alkanes of at least 4 members (excludes halogenated alkanes) is 26. The molecule has 0 amide bonds. The molecule has 0 spiro atoms. The number of benzene rings is 1. The van der Waals surface area contributed by atoms with Gasteiger partial charge >= 0.3 is 17.4 Å². The molecule has 7 nitrogen and oxygen atoms in total. The molecule has 0 N–H and O–H groups in total. The van der Waals surface area contributed by atoms with Crippen molar-refractivity contribution in [2.24, 2.45) is 16.2 Å². The largest absolute Gasteiger partial charge is 0.505 e. The first-order valence-corrected chi connectivity index (χ1v) is 70.4. The molecule has 0 saturated heterocycles. The molecule has 0 heterocycles. The Bertz CT molecular complexity index is 1970. The highest BCUT2D eigenvalue weighted by Gasteiger charge is 2.52. The van der Waals surface area contributed by atoms with Gasteiger partial charge in [-0.3, -0.25) is 0 Å². The van der Waals surface area contributed by atoms with E-state index in [0.717, 1.165) is 23.7 Å². The van der Waals surface area contributed by atoms with E-state index in [2.05, 4.69) is 239 Å². The Morgan fingerprint density at radius 3 is 0.959 bits per heavy atom. The summed E-state index contributed by atoms with van der Waals surface area (Å²) in [7, 11) is -17.4. The number of hydrogen-bond acceptors (Lipinski definition) is 7.